The first-order chi connectivity index (χ1) is 47.1. The van der Waals surface area contributed by atoms with Gasteiger partial charge in [-0.25, -0.2) is 47.9 Å². The second-order valence-electron chi connectivity index (χ2n) is 22.7. The average Bonchev–Trinajstić information content (AvgIpc) is 1.79. The first-order valence-electron chi connectivity index (χ1n) is 29.7. The van der Waals surface area contributed by atoms with Crippen LogP contribution in [0.15, 0.2) is 194 Å². The molecule has 2 aliphatic rings. The zero-order valence-electron chi connectivity index (χ0n) is 53.7. The maximum absolute atomic E-state index is 12.6. The van der Waals surface area contributed by atoms with Gasteiger partial charge in [0.05, 0.1) is 44.5 Å². The Hall–Kier alpha value is -10.4. The number of ether oxygens (including phenoxy) is 10. The molecule has 22 nitrogen and oxygen atoms in total. The topological polar surface area (TPSA) is 303 Å². The quantitative estimate of drug-likeness (QED) is 0.0142. The Kier molecular flexibility index (Phi) is 25.0. The molecule has 99 heavy (non-hydrogen) atoms. The molecule has 0 bridgehead atoms. The Morgan fingerprint density at radius 1 is 0.374 bits per heavy atom. The van der Waals surface area contributed by atoms with E-state index in [0.717, 1.165) is 22.3 Å². The number of cyclic esters (lactones) is 4. The molecule has 0 aromatic heterocycles. The standard InChI is InChI=1S/C43H40O14.C31H20O8.2HI.V/c1-25(2)39(48)52-19-21-54-41(50)33-17-15-31(23-35(33)37(44)45)56-29-11-7-27(8-12-29)43(5,6)28-9-13-30(14-10-28)57-32-16-18-34(36(24-32)38(46)47)42(51)55-22-20-53-40(49)26(3)4;1-31(2,17-3-7-19(8-4-17)36-21-11-13-23-25(15-21)29(34)38-27(23)32)18-5-9-20(10-6-18)37-22-12-14-24-26(16-22)30(35)39-28(24)33;;;/h7-18,23-24H,1,3,19-22H2,2,4-6H3,(H,44,45)(H,46,47);3-16H,1-2H3;2*1H;/q;;;;+2/p-2. The van der Waals surface area contributed by atoms with Gasteiger partial charge >= 0.3 is 109 Å². The van der Waals surface area contributed by atoms with E-state index >= 15 is 0 Å². The number of fused-ring (bicyclic) bond motifs is 2. The number of rotatable bonds is 24. The molecule has 8 aromatic carbocycles. The van der Waals surface area contributed by atoms with Gasteiger partial charge in [0.25, 0.3) is 0 Å². The van der Waals surface area contributed by atoms with Crippen LogP contribution < -0.4 is 18.9 Å². The molecule has 2 N–H and O–H groups in total. The molecule has 25 heteroatoms. The molecule has 0 unspecified atom stereocenters. The maximum atomic E-state index is 12.6. The van der Waals surface area contributed by atoms with Crippen molar-refractivity contribution in [2.75, 3.05) is 26.4 Å². The molecule has 0 aliphatic carbocycles. The molecule has 10 rings (SSSR count). The van der Waals surface area contributed by atoms with E-state index in [4.69, 9.17) is 37.9 Å². The summed E-state index contributed by atoms with van der Waals surface area (Å²) in [6.45, 7) is 17.1. The Bertz CT molecular complexity index is 4200. The van der Waals surface area contributed by atoms with Gasteiger partial charge in [-0.2, -0.15) is 0 Å². The van der Waals surface area contributed by atoms with Crippen molar-refractivity contribution in [3.63, 3.8) is 0 Å². The van der Waals surface area contributed by atoms with Crippen LogP contribution in [0.3, 0.4) is 0 Å². The van der Waals surface area contributed by atoms with E-state index in [2.05, 4.69) is 76.4 Å². The summed E-state index contributed by atoms with van der Waals surface area (Å²) in [4.78, 5) is 119. The first kappa shape index (κ1) is 74.4. The van der Waals surface area contributed by atoms with Gasteiger partial charge in [-0.15, -0.1) is 0 Å². The second-order valence-corrected chi connectivity index (χ2v) is 34.5. The predicted molar refractivity (Wildman–Crippen MR) is 370 cm³/mol. The van der Waals surface area contributed by atoms with Crippen molar-refractivity contribution in [1.82, 2.24) is 0 Å². The fraction of sp³-hybridized carbons (Fsp3) is 0.162. The Balaban J connectivity index is 0.000000257. The number of hydrogen-bond acceptors (Lipinski definition) is 20. The molecular weight excluding hydrogens is 1550 g/mol. The molecule has 2 heterocycles. The Labute approximate surface area is 595 Å². The molecule has 0 amide bonds. The van der Waals surface area contributed by atoms with Crippen molar-refractivity contribution < 1.29 is 115 Å². The van der Waals surface area contributed by atoms with Crippen LogP contribution in [-0.2, 0) is 58.3 Å². The van der Waals surface area contributed by atoms with E-state index in [1.165, 1.54) is 74.5 Å². The van der Waals surface area contributed by atoms with Crippen molar-refractivity contribution in [1.29, 1.82) is 0 Å². The average molecular weight is 1610 g/mol. The first-order valence-corrected chi connectivity index (χ1v) is 38.7. The van der Waals surface area contributed by atoms with Gasteiger partial charge in [-0.3, -0.25) is 0 Å². The van der Waals surface area contributed by atoms with Crippen molar-refractivity contribution in [3.8, 4) is 46.0 Å². The monoisotopic (exact) mass is 1610 g/mol. The number of hydrogen-bond donors (Lipinski definition) is 2. The van der Waals surface area contributed by atoms with Gasteiger partial charge in [0, 0.05) is 22.0 Å². The summed E-state index contributed by atoms with van der Waals surface area (Å²) in [5.74, 6) is -5.31. The van der Waals surface area contributed by atoms with Crippen LogP contribution in [0, 0.1) is 0 Å². The van der Waals surface area contributed by atoms with E-state index in [0.29, 0.717) is 44.0 Å². The van der Waals surface area contributed by atoms with Crippen molar-refractivity contribution in [2.45, 2.75) is 52.4 Å². The third-order valence-electron chi connectivity index (χ3n) is 15.2. The number of carbonyl (C=O) groups is 10. The van der Waals surface area contributed by atoms with Gasteiger partial charge in [-0.1, -0.05) is 89.4 Å². The van der Waals surface area contributed by atoms with Crippen molar-refractivity contribution >= 4 is 99.7 Å². The molecule has 0 radical (unpaired) electrons. The number of carboxylic acids is 2. The van der Waals surface area contributed by atoms with E-state index in [-0.39, 0.29) is 99.0 Å². The van der Waals surface area contributed by atoms with Gasteiger partial charge in [-0.05, 0) is 157 Å². The fourth-order valence-electron chi connectivity index (χ4n) is 9.71. The number of esters is 8. The summed E-state index contributed by atoms with van der Waals surface area (Å²) < 4.78 is 52.7. The number of halogens is 2. The van der Waals surface area contributed by atoms with Gasteiger partial charge in [0.2, 0.25) is 0 Å². The minimum atomic E-state index is -1.37. The molecule has 0 fully saturated rings. The minimum absolute atomic E-state index is 0.172. The van der Waals surface area contributed by atoms with Gasteiger partial charge in [0.1, 0.15) is 72.4 Å². The number of carbonyl (C=O) groups excluding carboxylic acids is 8. The molecule has 0 atom stereocenters. The molecule has 0 spiro atoms. The Morgan fingerprint density at radius 3 is 0.889 bits per heavy atom. The molecule has 0 saturated heterocycles. The van der Waals surface area contributed by atoms with Crippen LogP contribution in [0.4, 0.5) is 0 Å². The molecule has 0 saturated carbocycles. The number of benzene rings is 8. The van der Waals surface area contributed by atoms with Crippen LogP contribution >= 0.6 is 40.0 Å². The molecule has 8 aromatic rings. The predicted octanol–water partition coefficient (Wildman–Crippen LogP) is 15.5. The van der Waals surface area contributed by atoms with Crippen LogP contribution in [0.25, 0.3) is 0 Å². The zero-order valence-corrected chi connectivity index (χ0v) is 59.4. The van der Waals surface area contributed by atoms with Crippen LogP contribution in [0.2, 0.25) is 0 Å². The van der Waals surface area contributed by atoms with E-state index in [9.17, 15) is 58.2 Å². The van der Waals surface area contributed by atoms with Gasteiger partial charge < -0.3 is 57.6 Å². The summed E-state index contributed by atoms with van der Waals surface area (Å²) in [5, 5.41) is 19.5. The molecular formula is C74H60I2O22V. The van der Waals surface area contributed by atoms with Crippen LogP contribution in [0.1, 0.15) is 147 Å². The SMILES string of the molecule is C=C(C)C(=O)OCCOC(=O)c1ccc(Oc2ccc(C(C)(C)c3ccc(Oc4ccc(C(=O)OCCOC(=O)C(=C)C)c(C(=O)O)c4)cc3)cc2)cc1C(=O)O.CC(C)(c1ccc(Oc2ccc3c(c2)C(=O)OC3=O)cc1)c1ccc(Oc2ccc3c(c2)C(=O)OC3=O)cc1.[I][V][I]. The summed E-state index contributed by atoms with van der Waals surface area (Å²) in [6.07, 6.45) is 0. The molecule has 507 valence electrons. The number of carboxylic acid groups (broad SMARTS) is 2. The van der Waals surface area contributed by atoms with Gasteiger partial charge in [0.15, 0.2) is 0 Å². The van der Waals surface area contributed by atoms with Crippen molar-refractivity contribution in [2.24, 2.45) is 0 Å². The van der Waals surface area contributed by atoms with E-state index < -0.39 is 65.1 Å². The van der Waals surface area contributed by atoms with Crippen LogP contribution in [-0.4, -0.2) is 96.3 Å². The van der Waals surface area contributed by atoms with E-state index in [1.54, 1.807) is 36.4 Å². The van der Waals surface area contributed by atoms with E-state index in [1.807, 2.05) is 86.6 Å². The third kappa shape index (κ3) is 19.0. The Morgan fingerprint density at radius 2 is 0.616 bits per heavy atom. The summed E-state index contributed by atoms with van der Waals surface area (Å²) >= 11 is 4.74. The third-order valence-corrected chi connectivity index (χ3v) is 15.2. The van der Waals surface area contributed by atoms with Crippen LogP contribution in [0.5, 0.6) is 46.0 Å². The summed E-state index contributed by atoms with van der Waals surface area (Å²) in [5.41, 5.74) is 3.25. The zero-order chi connectivity index (χ0) is 71.9. The second kappa shape index (κ2) is 33.2. The normalized spacial score (nSPS) is 11.8. The fourth-order valence-corrected chi connectivity index (χ4v) is 9.71. The summed E-state index contributed by atoms with van der Waals surface area (Å²) in [6, 6.07) is 46.7. The van der Waals surface area contributed by atoms with Crippen molar-refractivity contribution in [3.05, 3.63) is 261 Å². The summed E-state index contributed by atoms with van der Waals surface area (Å²) in [7, 11) is 0.628. The number of aromatic carboxylic acids is 2. The molecule has 2 aliphatic heterocycles.